The van der Waals surface area contributed by atoms with Gasteiger partial charge in [0.2, 0.25) is 9.76 Å². The summed E-state index contributed by atoms with van der Waals surface area (Å²) in [5.74, 6) is -0.724. The Morgan fingerprint density at radius 2 is 1.79 bits per heavy atom. The number of nitrogens with one attached hydrogen (secondary N) is 2. The second kappa shape index (κ2) is 9.37. The van der Waals surface area contributed by atoms with Crippen molar-refractivity contribution in [3.05, 3.63) is 65.9 Å². The highest BCUT2D eigenvalue weighted by Gasteiger charge is 2.33. The molecule has 0 saturated heterocycles. The Bertz CT molecular complexity index is 1240. The van der Waals surface area contributed by atoms with E-state index in [1.54, 1.807) is 0 Å². The summed E-state index contributed by atoms with van der Waals surface area (Å²) in [7, 11) is 2.42. The van der Waals surface area contributed by atoms with Crippen LogP contribution in [0.4, 0.5) is 5.69 Å². The minimum absolute atomic E-state index is 0.191. The van der Waals surface area contributed by atoms with Gasteiger partial charge in [0, 0.05) is 48.5 Å². The molecule has 6 nitrogen and oxygen atoms in total. The highest BCUT2D eigenvalue weighted by Crippen LogP contribution is 2.36. The van der Waals surface area contributed by atoms with Crippen molar-refractivity contribution in [1.82, 2.24) is 9.88 Å². The maximum atomic E-state index is 12.8. The Kier molecular flexibility index (Phi) is 6.53. The van der Waals surface area contributed by atoms with E-state index in [1.165, 1.54) is 0 Å². The van der Waals surface area contributed by atoms with Crippen molar-refractivity contribution in [1.29, 1.82) is 0 Å². The summed E-state index contributed by atoms with van der Waals surface area (Å²) >= 11 is 0. The summed E-state index contributed by atoms with van der Waals surface area (Å²) in [6.45, 7) is 7.97. The molecule has 3 aromatic rings. The molecule has 0 saturated carbocycles. The molecule has 2 amide bonds. The molecule has 2 heterocycles. The van der Waals surface area contributed by atoms with E-state index in [4.69, 9.17) is 4.43 Å². The Hall–Kier alpha value is -3.16. The molecule has 2 aromatic carbocycles. The number of carbonyl (C=O) groups is 2. The fourth-order valence-electron chi connectivity index (χ4n) is 3.96. The molecule has 170 valence electrons. The van der Waals surface area contributed by atoms with Gasteiger partial charge in [0.1, 0.15) is 0 Å². The predicted molar refractivity (Wildman–Crippen MR) is 134 cm³/mol. The maximum absolute atomic E-state index is 12.8. The van der Waals surface area contributed by atoms with Crippen LogP contribution in [0.3, 0.4) is 0 Å². The number of para-hydroxylation sites is 1. The number of fused-ring (bicyclic) bond motifs is 1. The molecule has 1 aromatic heterocycles. The van der Waals surface area contributed by atoms with Crippen LogP contribution in [-0.4, -0.2) is 39.3 Å². The molecule has 4 rings (SSSR count). The van der Waals surface area contributed by atoms with Gasteiger partial charge in [0.05, 0.1) is 11.1 Å². The fourth-order valence-corrected chi connectivity index (χ4v) is 4.64. The van der Waals surface area contributed by atoms with Crippen molar-refractivity contribution in [3.8, 4) is 0 Å². The molecule has 1 aliphatic heterocycles. The number of carbonyl (C=O) groups excluding carboxylic acids is 2. The molecular weight excluding hydrogens is 430 g/mol. The van der Waals surface area contributed by atoms with Crippen molar-refractivity contribution < 1.29 is 14.0 Å². The Morgan fingerprint density at radius 3 is 2.58 bits per heavy atom. The summed E-state index contributed by atoms with van der Waals surface area (Å²) < 4.78 is 7.73. The number of anilines is 1. The molecule has 0 aliphatic carbocycles. The van der Waals surface area contributed by atoms with Gasteiger partial charge in [-0.15, -0.1) is 0 Å². The zero-order valence-corrected chi connectivity index (χ0v) is 20.5. The van der Waals surface area contributed by atoms with E-state index in [1.807, 2.05) is 66.3 Å². The number of amides is 2. The molecule has 33 heavy (non-hydrogen) atoms. The Morgan fingerprint density at radius 1 is 1.03 bits per heavy atom. The predicted octanol–water partition coefficient (Wildman–Crippen LogP) is 4.40. The van der Waals surface area contributed by atoms with Crippen LogP contribution in [-0.2, 0) is 21.1 Å². The van der Waals surface area contributed by atoms with Crippen LogP contribution in [0.25, 0.3) is 22.0 Å². The molecule has 0 atom stereocenters. The smallest absolute Gasteiger partial charge is 0.259 e. The topological polar surface area (TPSA) is 72.4 Å². The van der Waals surface area contributed by atoms with Crippen LogP contribution in [0.2, 0.25) is 5.04 Å². The number of hydrogen-bond donors (Lipinski definition) is 2. The molecule has 0 spiro atoms. The quantitative estimate of drug-likeness (QED) is 0.298. The number of nitrogens with zero attached hydrogens (tertiary/aromatic N) is 1. The zero-order chi connectivity index (χ0) is 23.6. The first-order chi connectivity index (χ1) is 15.7. The standard InChI is InChI=1S/C26H29N3O3Si/c1-26(2,3)33-32-14-8-13-27-18-10-7-9-17(15-18)22-23(25(31)28-24(22)30)20-16-29(4)21-12-6-5-11-19(20)21/h5-7,9-12,15-16,27H,8,13-14H2,1-4H3,(H,28,30,31). The van der Waals surface area contributed by atoms with Crippen molar-refractivity contribution in [2.45, 2.75) is 32.2 Å². The van der Waals surface area contributed by atoms with Crippen LogP contribution in [0.5, 0.6) is 0 Å². The van der Waals surface area contributed by atoms with E-state index in [0.29, 0.717) is 27.5 Å². The van der Waals surface area contributed by atoms with E-state index in [2.05, 4.69) is 31.4 Å². The van der Waals surface area contributed by atoms with Gasteiger partial charge in [-0.2, -0.15) is 0 Å². The second-order valence-corrected chi connectivity index (χ2v) is 11.3. The number of hydrogen-bond acceptors (Lipinski definition) is 4. The number of imide groups is 1. The van der Waals surface area contributed by atoms with Crippen LogP contribution < -0.4 is 10.6 Å². The summed E-state index contributed by atoms with van der Waals surface area (Å²) in [5, 5.41) is 7.03. The number of benzene rings is 2. The Labute approximate surface area is 197 Å². The average molecular weight is 460 g/mol. The first kappa shape index (κ1) is 23.0. The fraction of sp³-hybridized carbons (Fsp3) is 0.308. The molecular formula is C26H29N3O3Si. The molecule has 0 bridgehead atoms. The lowest BCUT2D eigenvalue weighted by Crippen LogP contribution is -2.22. The second-order valence-electron chi connectivity index (χ2n) is 9.27. The first-order valence-corrected chi connectivity index (χ1v) is 12.0. The minimum Gasteiger partial charge on any atom is -0.417 e. The minimum atomic E-state index is -0.364. The summed E-state index contributed by atoms with van der Waals surface area (Å²) in [6, 6.07) is 15.6. The lowest BCUT2D eigenvalue weighted by atomic mass is 9.95. The zero-order valence-electron chi connectivity index (χ0n) is 19.5. The normalized spacial score (nSPS) is 14.3. The largest absolute Gasteiger partial charge is 0.417 e. The molecule has 2 N–H and O–H groups in total. The average Bonchev–Trinajstić information content (AvgIpc) is 3.25. The van der Waals surface area contributed by atoms with Gasteiger partial charge in [0.25, 0.3) is 11.8 Å². The lowest BCUT2D eigenvalue weighted by Gasteiger charge is -2.15. The SMILES string of the molecule is Cn1cc(C2=C(c3cccc(NCCCO[Si]C(C)(C)C)c3)C(=O)NC2=O)c2ccccc21. The van der Waals surface area contributed by atoms with Gasteiger partial charge in [-0.3, -0.25) is 14.9 Å². The van der Waals surface area contributed by atoms with Crippen molar-refractivity contribution in [2.75, 3.05) is 18.5 Å². The van der Waals surface area contributed by atoms with Crippen LogP contribution >= 0.6 is 0 Å². The number of aromatic nitrogens is 1. The van der Waals surface area contributed by atoms with E-state index in [0.717, 1.165) is 40.7 Å². The van der Waals surface area contributed by atoms with Gasteiger partial charge >= 0.3 is 0 Å². The van der Waals surface area contributed by atoms with Crippen molar-refractivity contribution >= 4 is 49.3 Å². The van der Waals surface area contributed by atoms with Crippen LogP contribution in [0.15, 0.2) is 54.7 Å². The molecule has 2 radical (unpaired) electrons. The number of rotatable bonds is 8. The highest BCUT2D eigenvalue weighted by molar-refractivity contribution is 6.50. The van der Waals surface area contributed by atoms with Crippen molar-refractivity contribution in [2.24, 2.45) is 7.05 Å². The van der Waals surface area contributed by atoms with Gasteiger partial charge in [-0.1, -0.05) is 51.1 Å². The van der Waals surface area contributed by atoms with Gasteiger partial charge in [-0.25, -0.2) is 0 Å². The van der Waals surface area contributed by atoms with E-state index in [9.17, 15) is 9.59 Å². The van der Waals surface area contributed by atoms with Gasteiger partial charge in [-0.05, 0) is 35.2 Å². The lowest BCUT2D eigenvalue weighted by molar-refractivity contribution is -0.122. The number of aryl methyl sites for hydroxylation is 1. The monoisotopic (exact) mass is 459 g/mol. The van der Waals surface area contributed by atoms with E-state index in [-0.39, 0.29) is 16.9 Å². The maximum Gasteiger partial charge on any atom is 0.259 e. The van der Waals surface area contributed by atoms with Gasteiger partial charge < -0.3 is 14.3 Å². The van der Waals surface area contributed by atoms with Crippen molar-refractivity contribution in [3.63, 3.8) is 0 Å². The molecule has 0 fully saturated rings. The third-order valence-electron chi connectivity index (χ3n) is 5.38. The molecule has 1 aliphatic rings. The summed E-state index contributed by atoms with van der Waals surface area (Å²) in [6.07, 6.45) is 2.80. The third-order valence-corrected chi connectivity index (χ3v) is 6.34. The highest BCUT2D eigenvalue weighted by atomic mass is 28.2. The first-order valence-electron chi connectivity index (χ1n) is 11.1. The van der Waals surface area contributed by atoms with Crippen LogP contribution in [0, 0.1) is 0 Å². The van der Waals surface area contributed by atoms with Gasteiger partial charge in [0.15, 0.2) is 0 Å². The summed E-state index contributed by atoms with van der Waals surface area (Å²) in [4.78, 5) is 25.6. The Balaban J connectivity index is 1.57. The molecule has 7 heteroatoms. The summed E-state index contributed by atoms with van der Waals surface area (Å²) in [5.41, 5.74) is 4.23. The van der Waals surface area contributed by atoms with E-state index >= 15 is 0 Å². The van der Waals surface area contributed by atoms with E-state index < -0.39 is 0 Å². The molecule has 0 unspecified atom stereocenters. The third kappa shape index (κ3) is 5.10. The van der Waals surface area contributed by atoms with Crippen LogP contribution in [0.1, 0.15) is 38.3 Å².